The number of carbonyl (C=O) groups excluding carboxylic acids is 1. The molecule has 106 valence electrons. The summed E-state index contributed by atoms with van der Waals surface area (Å²) in [7, 11) is 0. The summed E-state index contributed by atoms with van der Waals surface area (Å²) in [5.41, 5.74) is 0. The number of ether oxygens (including phenoxy) is 1. The van der Waals surface area contributed by atoms with Crippen LogP contribution in [0.3, 0.4) is 0 Å². The molecule has 0 spiro atoms. The van der Waals surface area contributed by atoms with Gasteiger partial charge >= 0.3 is 11.9 Å². The maximum Gasteiger partial charge on any atom is 0.306 e. The minimum Gasteiger partial charge on any atom is -0.481 e. The van der Waals surface area contributed by atoms with Gasteiger partial charge in [-0.1, -0.05) is 32.6 Å². The molecule has 0 heterocycles. The molecule has 0 aliphatic heterocycles. The molecule has 0 saturated heterocycles. The molecule has 0 bridgehead atoms. The number of hydrogen-bond acceptors (Lipinski definition) is 3. The zero-order valence-corrected chi connectivity index (χ0v) is 11.6. The van der Waals surface area contributed by atoms with Gasteiger partial charge in [0.25, 0.3) is 0 Å². The van der Waals surface area contributed by atoms with Crippen LogP contribution in [0.5, 0.6) is 0 Å². The summed E-state index contributed by atoms with van der Waals surface area (Å²) in [6.07, 6.45) is 7.36. The number of unbranched alkanes of at least 4 members (excludes halogenated alkanes) is 5. The van der Waals surface area contributed by atoms with E-state index in [1.165, 1.54) is 0 Å². The maximum atomic E-state index is 11.3. The number of carboxylic acids is 1. The number of carboxylic acid groups (broad SMARTS) is 1. The third kappa shape index (κ3) is 11.4. The van der Waals surface area contributed by atoms with Crippen molar-refractivity contribution in [2.24, 2.45) is 0 Å². The van der Waals surface area contributed by atoms with Crippen molar-refractivity contribution in [1.29, 1.82) is 0 Å². The molecule has 1 atom stereocenters. The molecular formula is C14H26O4. The quantitative estimate of drug-likeness (QED) is 0.455. The summed E-state index contributed by atoms with van der Waals surface area (Å²) in [4.78, 5) is 21.6. The molecule has 0 rings (SSSR count). The van der Waals surface area contributed by atoms with Gasteiger partial charge in [0.15, 0.2) is 0 Å². The lowest BCUT2D eigenvalue weighted by molar-refractivity contribution is -0.148. The highest BCUT2D eigenvalue weighted by Crippen LogP contribution is 2.09. The Balaban J connectivity index is 3.25. The van der Waals surface area contributed by atoms with Gasteiger partial charge in [-0.15, -0.1) is 0 Å². The predicted octanol–water partition coefficient (Wildman–Crippen LogP) is 3.53. The topological polar surface area (TPSA) is 63.6 Å². The van der Waals surface area contributed by atoms with Crippen LogP contribution in [-0.4, -0.2) is 23.1 Å². The first-order valence-electron chi connectivity index (χ1n) is 6.97. The van der Waals surface area contributed by atoms with E-state index in [1.54, 1.807) is 0 Å². The maximum absolute atomic E-state index is 11.3. The highest BCUT2D eigenvalue weighted by Gasteiger charge is 2.06. The van der Waals surface area contributed by atoms with Crippen molar-refractivity contribution in [3.63, 3.8) is 0 Å². The van der Waals surface area contributed by atoms with Gasteiger partial charge < -0.3 is 9.84 Å². The van der Waals surface area contributed by atoms with E-state index in [9.17, 15) is 9.59 Å². The second kappa shape index (κ2) is 11.1. The average Bonchev–Trinajstić information content (AvgIpc) is 2.31. The van der Waals surface area contributed by atoms with Crippen LogP contribution in [0.1, 0.15) is 71.6 Å². The molecule has 0 fully saturated rings. The van der Waals surface area contributed by atoms with Crippen molar-refractivity contribution >= 4 is 11.9 Å². The number of esters is 1. The fraction of sp³-hybridized carbons (Fsp3) is 0.857. The Morgan fingerprint density at radius 2 is 1.50 bits per heavy atom. The summed E-state index contributed by atoms with van der Waals surface area (Å²) in [5.74, 6) is -0.821. The third-order valence-electron chi connectivity index (χ3n) is 2.93. The van der Waals surface area contributed by atoms with Crippen molar-refractivity contribution in [2.45, 2.75) is 77.7 Å². The van der Waals surface area contributed by atoms with E-state index in [-0.39, 0.29) is 18.5 Å². The lowest BCUT2D eigenvalue weighted by Gasteiger charge is -2.10. The van der Waals surface area contributed by atoms with E-state index in [2.05, 4.69) is 0 Å². The van der Waals surface area contributed by atoms with E-state index in [0.717, 1.165) is 44.9 Å². The molecule has 0 radical (unpaired) electrons. The van der Waals surface area contributed by atoms with Gasteiger partial charge in [0, 0.05) is 12.8 Å². The van der Waals surface area contributed by atoms with E-state index in [0.29, 0.717) is 6.42 Å². The fourth-order valence-electron chi connectivity index (χ4n) is 1.62. The van der Waals surface area contributed by atoms with Crippen molar-refractivity contribution in [1.82, 2.24) is 0 Å². The Bertz CT molecular complexity index is 238. The molecule has 0 aliphatic carbocycles. The summed E-state index contributed by atoms with van der Waals surface area (Å²) < 4.78 is 5.17. The number of rotatable bonds is 11. The first-order chi connectivity index (χ1) is 8.56. The molecule has 4 nitrogen and oxygen atoms in total. The molecule has 0 aliphatic rings. The predicted molar refractivity (Wildman–Crippen MR) is 70.4 cm³/mol. The van der Waals surface area contributed by atoms with Gasteiger partial charge in [-0.25, -0.2) is 0 Å². The van der Waals surface area contributed by atoms with Crippen molar-refractivity contribution in [3.8, 4) is 0 Å². The molecule has 0 amide bonds. The summed E-state index contributed by atoms with van der Waals surface area (Å²) in [5, 5.41) is 8.46. The molecule has 0 saturated carbocycles. The highest BCUT2D eigenvalue weighted by atomic mass is 16.5. The Morgan fingerprint density at radius 1 is 1.00 bits per heavy atom. The van der Waals surface area contributed by atoms with Gasteiger partial charge in [-0.2, -0.15) is 0 Å². The second-order valence-corrected chi connectivity index (χ2v) is 4.72. The lowest BCUT2D eigenvalue weighted by atomic mass is 10.1. The summed E-state index contributed by atoms with van der Waals surface area (Å²) >= 11 is 0. The van der Waals surface area contributed by atoms with Gasteiger partial charge in [0.2, 0.25) is 0 Å². The average molecular weight is 258 g/mol. The Hall–Kier alpha value is -1.06. The van der Waals surface area contributed by atoms with Crippen LogP contribution in [0.15, 0.2) is 0 Å². The molecule has 0 aromatic rings. The van der Waals surface area contributed by atoms with Crippen LogP contribution in [0, 0.1) is 0 Å². The standard InChI is InChI=1S/C14H26O4/c1-3-12(2)18-14(17)11-9-7-5-4-6-8-10-13(15)16/h12H,3-11H2,1-2H3,(H,15,16). The third-order valence-corrected chi connectivity index (χ3v) is 2.93. The van der Waals surface area contributed by atoms with Crippen LogP contribution in [0.4, 0.5) is 0 Å². The smallest absolute Gasteiger partial charge is 0.306 e. The van der Waals surface area contributed by atoms with E-state index in [1.807, 2.05) is 13.8 Å². The Morgan fingerprint density at radius 3 is 2.00 bits per heavy atom. The molecular weight excluding hydrogens is 232 g/mol. The normalized spacial score (nSPS) is 12.1. The van der Waals surface area contributed by atoms with Gasteiger partial charge in [-0.05, 0) is 26.2 Å². The van der Waals surface area contributed by atoms with E-state index in [4.69, 9.17) is 9.84 Å². The van der Waals surface area contributed by atoms with Crippen LogP contribution < -0.4 is 0 Å². The first-order valence-corrected chi connectivity index (χ1v) is 6.97. The zero-order valence-electron chi connectivity index (χ0n) is 11.6. The summed E-state index contributed by atoms with van der Waals surface area (Å²) in [6.45, 7) is 3.90. The molecule has 1 unspecified atom stereocenters. The molecule has 4 heteroatoms. The first kappa shape index (κ1) is 16.9. The van der Waals surface area contributed by atoms with Crippen LogP contribution >= 0.6 is 0 Å². The largest absolute Gasteiger partial charge is 0.481 e. The van der Waals surface area contributed by atoms with Crippen molar-refractivity contribution < 1.29 is 19.4 Å². The van der Waals surface area contributed by atoms with E-state index >= 15 is 0 Å². The molecule has 1 N–H and O–H groups in total. The molecule has 18 heavy (non-hydrogen) atoms. The minimum absolute atomic E-state index is 0.0218. The SMILES string of the molecule is CCC(C)OC(=O)CCCCCCCCC(=O)O. The Kier molecular flexibility index (Phi) is 10.4. The van der Waals surface area contributed by atoms with Crippen LogP contribution in [-0.2, 0) is 14.3 Å². The highest BCUT2D eigenvalue weighted by molar-refractivity contribution is 5.69. The van der Waals surface area contributed by atoms with E-state index < -0.39 is 5.97 Å². The number of carbonyl (C=O) groups is 2. The van der Waals surface area contributed by atoms with Gasteiger partial charge in [0.05, 0.1) is 6.10 Å². The fourth-order valence-corrected chi connectivity index (χ4v) is 1.62. The summed E-state index contributed by atoms with van der Waals surface area (Å²) in [6, 6.07) is 0. The van der Waals surface area contributed by atoms with Crippen LogP contribution in [0.25, 0.3) is 0 Å². The number of hydrogen-bond donors (Lipinski definition) is 1. The van der Waals surface area contributed by atoms with Crippen LogP contribution in [0.2, 0.25) is 0 Å². The van der Waals surface area contributed by atoms with Gasteiger partial charge in [0.1, 0.15) is 0 Å². The van der Waals surface area contributed by atoms with Crippen molar-refractivity contribution in [2.75, 3.05) is 0 Å². The lowest BCUT2D eigenvalue weighted by Crippen LogP contribution is -2.13. The monoisotopic (exact) mass is 258 g/mol. The zero-order chi connectivity index (χ0) is 13.8. The number of aliphatic carboxylic acids is 1. The molecule has 0 aromatic heterocycles. The Labute approximate surface area is 110 Å². The molecule has 0 aromatic carbocycles. The second-order valence-electron chi connectivity index (χ2n) is 4.72. The van der Waals surface area contributed by atoms with Crippen molar-refractivity contribution in [3.05, 3.63) is 0 Å². The minimum atomic E-state index is -0.720. The van der Waals surface area contributed by atoms with Gasteiger partial charge in [-0.3, -0.25) is 9.59 Å².